The summed E-state index contributed by atoms with van der Waals surface area (Å²) in [5, 5.41) is 9.08. The van der Waals surface area contributed by atoms with Gasteiger partial charge in [0.2, 0.25) is 5.55 Å². The van der Waals surface area contributed by atoms with Crippen molar-refractivity contribution in [3.63, 3.8) is 0 Å². The summed E-state index contributed by atoms with van der Waals surface area (Å²) in [5.41, 5.74) is 2.99. The quantitative estimate of drug-likeness (QED) is 0.567. The summed E-state index contributed by atoms with van der Waals surface area (Å²) in [6.07, 6.45) is 1.73. The monoisotopic (exact) mass is 354 g/mol. The van der Waals surface area contributed by atoms with E-state index < -0.39 is 0 Å². The molecule has 22 heavy (non-hydrogen) atoms. The zero-order chi connectivity index (χ0) is 15.3. The summed E-state index contributed by atoms with van der Waals surface area (Å²) in [6.45, 7) is 0. The van der Waals surface area contributed by atoms with Crippen LogP contribution in [0, 0.1) is 5.41 Å². The number of hydrogen-bond acceptors (Lipinski definition) is 4. The fourth-order valence-corrected chi connectivity index (χ4v) is 2.92. The minimum atomic E-state index is 0.0910. The van der Waals surface area contributed by atoms with E-state index in [0.717, 1.165) is 21.0 Å². The minimum Gasteiger partial charge on any atom is -0.438 e. The Labute approximate surface area is 133 Å². The van der Waals surface area contributed by atoms with Gasteiger partial charge in [0.15, 0.2) is 5.65 Å². The van der Waals surface area contributed by atoms with Gasteiger partial charge in [0.25, 0.3) is 0 Å². The fourth-order valence-electron chi connectivity index (χ4n) is 2.54. The van der Waals surface area contributed by atoms with E-state index in [1.54, 1.807) is 6.20 Å². The maximum Gasteiger partial charge on any atom is 0.223 e. The third-order valence-corrected chi connectivity index (χ3v) is 4.09. The molecule has 0 saturated heterocycles. The molecule has 0 saturated carbocycles. The van der Waals surface area contributed by atoms with Gasteiger partial charge in [-0.05, 0) is 36.4 Å². The van der Waals surface area contributed by atoms with E-state index in [9.17, 15) is 0 Å². The SMILES string of the molecule is Cn1c(-c2cc3cc(Br)ccc3oc2=N)nc2cccnc21. The van der Waals surface area contributed by atoms with Gasteiger partial charge < -0.3 is 8.98 Å². The number of benzene rings is 1. The van der Waals surface area contributed by atoms with E-state index in [1.807, 2.05) is 48.0 Å². The molecule has 1 N–H and O–H groups in total. The maximum absolute atomic E-state index is 8.16. The fraction of sp³-hybridized carbons (Fsp3) is 0.0625. The van der Waals surface area contributed by atoms with Crippen LogP contribution in [-0.2, 0) is 7.05 Å². The van der Waals surface area contributed by atoms with Crippen molar-refractivity contribution in [2.75, 3.05) is 0 Å². The van der Waals surface area contributed by atoms with Crippen molar-refractivity contribution in [1.82, 2.24) is 14.5 Å². The number of aromatic nitrogens is 3. The summed E-state index contributed by atoms with van der Waals surface area (Å²) < 4.78 is 8.47. The van der Waals surface area contributed by atoms with Crippen LogP contribution < -0.4 is 5.55 Å². The van der Waals surface area contributed by atoms with Gasteiger partial charge in [-0.1, -0.05) is 15.9 Å². The van der Waals surface area contributed by atoms with Crippen LogP contribution in [0.3, 0.4) is 0 Å². The molecule has 0 aliphatic rings. The lowest BCUT2D eigenvalue weighted by Crippen LogP contribution is -2.07. The zero-order valence-corrected chi connectivity index (χ0v) is 13.3. The van der Waals surface area contributed by atoms with E-state index in [4.69, 9.17) is 9.83 Å². The van der Waals surface area contributed by atoms with Gasteiger partial charge in [0.1, 0.15) is 16.9 Å². The van der Waals surface area contributed by atoms with Crippen molar-refractivity contribution in [3.8, 4) is 11.4 Å². The number of halogens is 1. The Balaban J connectivity index is 2.05. The Morgan fingerprint density at radius 2 is 2.09 bits per heavy atom. The van der Waals surface area contributed by atoms with Crippen LogP contribution >= 0.6 is 15.9 Å². The van der Waals surface area contributed by atoms with Gasteiger partial charge in [-0.2, -0.15) is 0 Å². The predicted molar refractivity (Wildman–Crippen MR) is 87.3 cm³/mol. The average Bonchev–Trinajstić information content (AvgIpc) is 2.84. The standard InChI is InChI=1S/C16H11BrN4O/c1-21-15(20-12-3-2-6-19-16(12)21)11-8-9-7-10(17)4-5-13(9)22-14(11)18/h2-8,18H,1H3. The maximum atomic E-state index is 8.16. The van der Waals surface area contributed by atoms with E-state index in [1.165, 1.54) is 0 Å². The first-order valence-corrected chi connectivity index (χ1v) is 7.48. The highest BCUT2D eigenvalue weighted by Gasteiger charge is 2.14. The zero-order valence-electron chi connectivity index (χ0n) is 11.7. The van der Waals surface area contributed by atoms with Crippen LogP contribution in [0.2, 0.25) is 0 Å². The van der Waals surface area contributed by atoms with Crippen molar-refractivity contribution in [2.24, 2.45) is 7.05 Å². The third kappa shape index (κ3) is 1.95. The highest BCUT2D eigenvalue weighted by Crippen LogP contribution is 2.25. The number of fused-ring (bicyclic) bond motifs is 2. The Kier molecular flexibility index (Phi) is 2.87. The number of hydrogen-bond donors (Lipinski definition) is 1. The molecule has 5 nitrogen and oxygen atoms in total. The van der Waals surface area contributed by atoms with Crippen molar-refractivity contribution < 1.29 is 4.42 Å². The first-order valence-electron chi connectivity index (χ1n) is 6.69. The number of aryl methyl sites for hydroxylation is 1. The second-order valence-electron chi connectivity index (χ2n) is 5.01. The Hall–Kier alpha value is -2.47. The van der Waals surface area contributed by atoms with Crippen LogP contribution in [-0.4, -0.2) is 14.5 Å². The van der Waals surface area contributed by atoms with Crippen LogP contribution in [0.1, 0.15) is 0 Å². The number of nitrogens with one attached hydrogen (secondary N) is 1. The summed E-state index contributed by atoms with van der Waals surface area (Å²) in [4.78, 5) is 8.92. The second kappa shape index (κ2) is 4.78. The molecule has 0 bridgehead atoms. The molecule has 4 rings (SSSR count). The van der Waals surface area contributed by atoms with Crippen molar-refractivity contribution >= 4 is 38.1 Å². The lowest BCUT2D eigenvalue weighted by Gasteiger charge is -2.04. The molecule has 3 heterocycles. The molecular weight excluding hydrogens is 344 g/mol. The van der Waals surface area contributed by atoms with Crippen LogP contribution in [0.15, 0.2) is 51.5 Å². The first-order chi connectivity index (χ1) is 10.6. The molecule has 0 atom stereocenters. The molecule has 3 aromatic heterocycles. The molecule has 1 aromatic carbocycles. The molecule has 0 spiro atoms. The Morgan fingerprint density at radius 1 is 1.23 bits per heavy atom. The molecule has 0 radical (unpaired) electrons. The smallest absolute Gasteiger partial charge is 0.223 e. The average molecular weight is 355 g/mol. The Morgan fingerprint density at radius 3 is 2.91 bits per heavy atom. The highest BCUT2D eigenvalue weighted by molar-refractivity contribution is 9.10. The minimum absolute atomic E-state index is 0.0910. The van der Waals surface area contributed by atoms with Gasteiger partial charge in [-0.3, -0.25) is 5.41 Å². The molecule has 108 valence electrons. The molecular formula is C16H11BrN4O. The molecule has 6 heteroatoms. The molecule has 0 amide bonds. The highest BCUT2D eigenvalue weighted by atomic mass is 79.9. The van der Waals surface area contributed by atoms with Gasteiger partial charge in [0.05, 0.1) is 5.56 Å². The lowest BCUT2D eigenvalue weighted by atomic mass is 10.2. The van der Waals surface area contributed by atoms with Crippen molar-refractivity contribution in [3.05, 3.63) is 52.6 Å². The summed E-state index contributed by atoms with van der Waals surface area (Å²) in [7, 11) is 1.89. The van der Waals surface area contributed by atoms with E-state index in [-0.39, 0.29) is 5.55 Å². The predicted octanol–water partition coefficient (Wildman–Crippen LogP) is 3.62. The molecule has 0 aliphatic carbocycles. The summed E-state index contributed by atoms with van der Waals surface area (Å²) >= 11 is 3.45. The molecule has 4 aromatic rings. The number of nitrogens with zero attached hydrogens (tertiary/aromatic N) is 3. The first kappa shape index (κ1) is 13.2. The summed E-state index contributed by atoms with van der Waals surface area (Å²) in [6, 6.07) is 11.4. The summed E-state index contributed by atoms with van der Waals surface area (Å²) in [5.74, 6) is 0.671. The molecule has 0 fully saturated rings. The largest absolute Gasteiger partial charge is 0.438 e. The van der Waals surface area contributed by atoms with Gasteiger partial charge in [-0.25, -0.2) is 9.97 Å². The second-order valence-corrected chi connectivity index (χ2v) is 5.93. The number of rotatable bonds is 1. The topological polar surface area (TPSA) is 67.7 Å². The Bertz CT molecular complexity index is 1080. The van der Waals surface area contributed by atoms with Crippen LogP contribution in [0.25, 0.3) is 33.5 Å². The third-order valence-electron chi connectivity index (χ3n) is 3.60. The molecule has 0 unspecified atom stereocenters. The molecule has 0 aliphatic heterocycles. The van der Waals surface area contributed by atoms with Crippen LogP contribution in [0.5, 0.6) is 0 Å². The van der Waals surface area contributed by atoms with E-state index >= 15 is 0 Å². The van der Waals surface area contributed by atoms with Crippen molar-refractivity contribution in [2.45, 2.75) is 0 Å². The van der Waals surface area contributed by atoms with Gasteiger partial charge in [0, 0.05) is 23.1 Å². The van der Waals surface area contributed by atoms with E-state index in [2.05, 4.69) is 25.9 Å². The van der Waals surface area contributed by atoms with Gasteiger partial charge >= 0.3 is 0 Å². The van der Waals surface area contributed by atoms with Crippen molar-refractivity contribution in [1.29, 1.82) is 5.41 Å². The number of pyridine rings is 1. The van der Waals surface area contributed by atoms with E-state index in [0.29, 0.717) is 17.0 Å². The lowest BCUT2D eigenvalue weighted by molar-refractivity contribution is 0.535. The van der Waals surface area contributed by atoms with Gasteiger partial charge in [-0.15, -0.1) is 0 Å². The number of imidazole rings is 1. The van der Waals surface area contributed by atoms with Crippen LogP contribution in [0.4, 0.5) is 0 Å². The normalized spacial score (nSPS) is 11.4.